The molecule has 0 heterocycles. The van der Waals surface area contributed by atoms with Gasteiger partial charge in [0.1, 0.15) is 6.04 Å². The number of ether oxygens (including phenoxy) is 1. The topological polar surface area (TPSA) is 129 Å². The summed E-state index contributed by atoms with van der Waals surface area (Å²) >= 11 is 0. The number of hydrogen-bond donors (Lipinski definition) is 2. The van der Waals surface area contributed by atoms with Crippen LogP contribution in [0.15, 0.2) is 24.3 Å². The van der Waals surface area contributed by atoms with Crippen molar-refractivity contribution in [1.29, 1.82) is 0 Å². The molecule has 0 saturated heterocycles. The van der Waals surface area contributed by atoms with Gasteiger partial charge in [0.05, 0.1) is 6.10 Å². The first-order chi connectivity index (χ1) is 12.2. The maximum atomic E-state index is 12.3. The van der Waals surface area contributed by atoms with E-state index < -0.39 is 35.9 Å². The van der Waals surface area contributed by atoms with Crippen molar-refractivity contribution in [2.24, 2.45) is 0 Å². The van der Waals surface area contributed by atoms with Crippen LogP contribution in [-0.2, 0) is 19.1 Å². The van der Waals surface area contributed by atoms with Crippen LogP contribution in [-0.4, -0.2) is 45.9 Å². The van der Waals surface area contributed by atoms with Gasteiger partial charge in [0.25, 0.3) is 5.91 Å². The molecule has 26 heavy (non-hydrogen) atoms. The number of carbonyl (C=O) groups is 3. The third-order valence-electron chi connectivity index (χ3n) is 3.48. The number of aliphatic hydroxyl groups is 1. The van der Waals surface area contributed by atoms with E-state index in [4.69, 9.17) is 10.3 Å². The zero-order chi connectivity index (χ0) is 19.7. The maximum Gasteiger partial charge on any atom is 0.328 e. The summed E-state index contributed by atoms with van der Waals surface area (Å²) < 4.78 is 5.08. The van der Waals surface area contributed by atoms with Gasteiger partial charge in [0.2, 0.25) is 5.78 Å². The van der Waals surface area contributed by atoms with Gasteiger partial charge < -0.3 is 20.7 Å². The van der Waals surface area contributed by atoms with Crippen molar-refractivity contribution in [1.82, 2.24) is 5.32 Å². The number of benzene rings is 1. The second kappa shape index (κ2) is 10.2. The van der Waals surface area contributed by atoms with E-state index in [0.29, 0.717) is 11.8 Å². The lowest BCUT2D eigenvalue weighted by atomic mass is 10.1. The highest BCUT2D eigenvalue weighted by Crippen LogP contribution is 2.15. The lowest BCUT2D eigenvalue weighted by Gasteiger charge is -2.20. The molecule has 0 aliphatic heterocycles. The van der Waals surface area contributed by atoms with Crippen molar-refractivity contribution in [3.8, 4) is 0 Å². The Bertz CT molecular complexity index is 693. The van der Waals surface area contributed by atoms with Crippen molar-refractivity contribution >= 4 is 23.9 Å². The number of aliphatic hydroxyl groups excluding tert-OH is 1. The first kappa shape index (κ1) is 21.2. The second-order valence-corrected chi connectivity index (χ2v) is 6.11. The molecule has 0 radical (unpaired) electrons. The van der Waals surface area contributed by atoms with Crippen LogP contribution in [0.2, 0.25) is 0 Å². The number of esters is 1. The van der Waals surface area contributed by atoms with E-state index in [1.807, 2.05) is 6.92 Å². The molecule has 1 aromatic carbocycles. The van der Waals surface area contributed by atoms with Gasteiger partial charge in [-0.25, -0.2) is 4.79 Å². The molecule has 0 unspecified atom stereocenters. The summed E-state index contributed by atoms with van der Waals surface area (Å²) in [5.41, 5.74) is 9.71. The average Bonchev–Trinajstić information content (AvgIpc) is 2.58. The smallest absolute Gasteiger partial charge is 0.328 e. The Morgan fingerprint density at radius 1 is 1.27 bits per heavy atom. The van der Waals surface area contributed by atoms with E-state index in [1.165, 1.54) is 0 Å². The number of ketones is 1. The summed E-state index contributed by atoms with van der Waals surface area (Å²) in [6.07, 6.45) is -1.34. The summed E-state index contributed by atoms with van der Waals surface area (Å²) in [6, 6.07) is 5.62. The third-order valence-corrected chi connectivity index (χ3v) is 3.48. The predicted octanol–water partition coefficient (Wildman–Crippen LogP) is 1.11. The largest absolute Gasteiger partial charge is 0.461 e. The standard InChI is InChI=1S/C18H23N3O5/c1-11(2)26-18(25)15(9-8-14(22)10-20-19)21-17(24)16(23)13-6-4-12(3)5-7-13/h4-7,10-11,15-16,23H,8-9H2,1-3H3,(H,21,24)/t15-,16-/m0/s1. The Morgan fingerprint density at radius 3 is 2.42 bits per heavy atom. The molecule has 2 N–H and O–H groups in total. The minimum absolute atomic E-state index is 0.0528. The van der Waals surface area contributed by atoms with Crippen molar-refractivity contribution in [3.63, 3.8) is 0 Å². The minimum Gasteiger partial charge on any atom is -0.461 e. The quantitative estimate of drug-likeness (QED) is 0.295. The van der Waals surface area contributed by atoms with Crippen molar-refractivity contribution < 1.29 is 29.0 Å². The number of Topliss-reactive ketones (excluding diaryl/α,β-unsaturated/α-hetero) is 1. The monoisotopic (exact) mass is 361 g/mol. The number of aryl methyl sites for hydroxylation is 1. The summed E-state index contributed by atoms with van der Waals surface area (Å²) in [5.74, 6) is -2.00. The molecule has 1 amide bonds. The molecular formula is C18H23N3O5. The van der Waals surface area contributed by atoms with Gasteiger partial charge in [-0.3, -0.25) is 9.59 Å². The lowest BCUT2D eigenvalue weighted by molar-refractivity contribution is -0.152. The molecule has 140 valence electrons. The van der Waals surface area contributed by atoms with Gasteiger partial charge in [-0.1, -0.05) is 29.8 Å². The van der Waals surface area contributed by atoms with Crippen LogP contribution in [0.25, 0.3) is 5.53 Å². The van der Waals surface area contributed by atoms with E-state index in [1.54, 1.807) is 38.1 Å². The van der Waals surface area contributed by atoms with E-state index in [0.717, 1.165) is 5.56 Å². The highest BCUT2D eigenvalue weighted by atomic mass is 16.5. The minimum atomic E-state index is -1.46. The van der Waals surface area contributed by atoms with E-state index >= 15 is 0 Å². The lowest BCUT2D eigenvalue weighted by Crippen LogP contribution is -2.44. The predicted molar refractivity (Wildman–Crippen MR) is 93.2 cm³/mol. The Kier molecular flexibility index (Phi) is 8.34. The van der Waals surface area contributed by atoms with Crippen LogP contribution in [0.3, 0.4) is 0 Å². The molecule has 0 fully saturated rings. The van der Waals surface area contributed by atoms with E-state index in [9.17, 15) is 19.5 Å². The molecule has 0 aromatic heterocycles. The highest BCUT2D eigenvalue weighted by Gasteiger charge is 2.27. The molecule has 0 saturated carbocycles. The first-order valence-electron chi connectivity index (χ1n) is 8.20. The molecule has 8 nitrogen and oxygen atoms in total. The fourth-order valence-corrected chi connectivity index (χ4v) is 2.13. The molecule has 0 aliphatic rings. The highest BCUT2D eigenvalue weighted by molar-refractivity contribution is 6.25. The molecule has 0 aliphatic carbocycles. The summed E-state index contributed by atoms with van der Waals surface area (Å²) in [4.78, 5) is 38.5. The number of carbonyl (C=O) groups excluding carboxylic acids is 3. The van der Waals surface area contributed by atoms with Crippen LogP contribution in [0, 0.1) is 6.92 Å². The molecular weight excluding hydrogens is 338 g/mol. The Morgan fingerprint density at radius 2 is 1.88 bits per heavy atom. The van der Waals surface area contributed by atoms with Gasteiger partial charge in [-0.2, -0.15) is 4.79 Å². The Balaban J connectivity index is 2.83. The van der Waals surface area contributed by atoms with Gasteiger partial charge in [-0.05, 0) is 32.8 Å². The van der Waals surface area contributed by atoms with Crippen molar-refractivity contribution in [2.45, 2.75) is 51.9 Å². The zero-order valence-corrected chi connectivity index (χ0v) is 15.0. The fourth-order valence-electron chi connectivity index (χ4n) is 2.13. The number of nitrogens with zero attached hydrogens (tertiary/aromatic N) is 2. The second-order valence-electron chi connectivity index (χ2n) is 6.11. The normalized spacial score (nSPS) is 12.7. The van der Waals surface area contributed by atoms with Crippen LogP contribution < -0.4 is 5.32 Å². The van der Waals surface area contributed by atoms with Gasteiger partial charge in [0.15, 0.2) is 6.10 Å². The van der Waals surface area contributed by atoms with Crippen LogP contribution in [0.4, 0.5) is 0 Å². The number of amides is 1. The van der Waals surface area contributed by atoms with Crippen molar-refractivity contribution in [3.05, 3.63) is 40.9 Å². The molecule has 8 heteroatoms. The number of rotatable bonds is 9. The summed E-state index contributed by atoms with van der Waals surface area (Å²) in [7, 11) is 0. The van der Waals surface area contributed by atoms with Gasteiger partial charge >= 0.3 is 12.2 Å². The number of nitrogens with one attached hydrogen (secondary N) is 1. The molecule has 0 spiro atoms. The SMILES string of the molecule is Cc1ccc([C@H](O)C(=O)N[C@@H](CCC(=O)C=[N+]=[N-])C(=O)OC(C)C)cc1. The maximum absolute atomic E-state index is 12.3. The molecule has 0 bridgehead atoms. The third kappa shape index (κ3) is 6.96. The summed E-state index contributed by atoms with van der Waals surface area (Å²) in [5, 5.41) is 12.6. The molecule has 1 rings (SSSR count). The van der Waals surface area contributed by atoms with Gasteiger partial charge in [-0.15, -0.1) is 0 Å². The van der Waals surface area contributed by atoms with Crippen LogP contribution in [0.1, 0.15) is 43.9 Å². The zero-order valence-electron chi connectivity index (χ0n) is 15.0. The molecule has 1 aromatic rings. The summed E-state index contributed by atoms with van der Waals surface area (Å²) in [6.45, 7) is 5.18. The molecule has 2 atom stereocenters. The van der Waals surface area contributed by atoms with Gasteiger partial charge in [0, 0.05) is 6.42 Å². The van der Waals surface area contributed by atoms with E-state index in [-0.39, 0.29) is 12.8 Å². The average molecular weight is 361 g/mol. The number of hydrogen-bond acceptors (Lipinski definition) is 5. The van der Waals surface area contributed by atoms with E-state index in [2.05, 4.69) is 10.1 Å². The first-order valence-corrected chi connectivity index (χ1v) is 8.20. The fraction of sp³-hybridized carbons (Fsp3) is 0.444. The van der Waals surface area contributed by atoms with Crippen molar-refractivity contribution in [2.75, 3.05) is 0 Å². The van der Waals surface area contributed by atoms with Crippen LogP contribution in [0.5, 0.6) is 0 Å². The Labute approximate surface area is 151 Å². The Hall–Kier alpha value is -2.83. The van der Waals surface area contributed by atoms with Crippen LogP contribution >= 0.6 is 0 Å².